The lowest BCUT2D eigenvalue weighted by Gasteiger charge is -2.16. The third kappa shape index (κ3) is 5.94. The highest BCUT2D eigenvalue weighted by Gasteiger charge is 2.31. The number of alkyl halides is 3. The summed E-state index contributed by atoms with van der Waals surface area (Å²) in [6.07, 6.45) is -5.16. The first-order valence-corrected chi connectivity index (χ1v) is 8.53. The van der Waals surface area contributed by atoms with E-state index in [-0.39, 0.29) is 23.8 Å². The zero-order valence-corrected chi connectivity index (χ0v) is 13.2. The summed E-state index contributed by atoms with van der Waals surface area (Å²) in [5.74, 6) is -0.123. The van der Waals surface area contributed by atoms with Crippen LogP contribution in [0, 0.1) is 5.92 Å². The number of halogens is 3. The molecule has 1 aromatic carbocycles. The van der Waals surface area contributed by atoms with Crippen molar-refractivity contribution in [1.29, 1.82) is 0 Å². The fraction of sp³-hybridized carbons (Fsp3) is 0.571. The molecule has 2 unspecified atom stereocenters. The fourth-order valence-corrected chi connectivity index (χ4v) is 3.31. The number of aliphatic hydroxyl groups is 1. The van der Waals surface area contributed by atoms with Crippen LogP contribution in [0.25, 0.3) is 0 Å². The van der Waals surface area contributed by atoms with E-state index in [0.717, 1.165) is 12.1 Å². The minimum absolute atomic E-state index is 0.0149. The van der Waals surface area contributed by atoms with Crippen LogP contribution in [0.3, 0.4) is 0 Å². The molecule has 0 bridgehead atoms. The van der Waals surface area contributed by atoms with E-state index in [2.05, 4.69) is 4.72 Å². The summed E-state index contributed by atoms with van der Waals surface area (Å²) < 4.78 is 63.5. The maximum atomic E-state index is 12.6. The maximum absolute atomic E-state index is 12.6. The predicted octanol–water partition coefficient (Wildman–Crippen LogP) is 2.70. The van der Waals surface area contributed by atoms with Crippen molar-refractivity contribution in [2.75, 3.05) is 12.3 Å². The number of sulfonamides is 1. The maximum Gasteiger partial charge on any atom is 0.416 e. The molecule has 22 heavy (non-hydrogen) atoms. The lowest BCUT2D eigenvalue weighted by Crippen LogP contribution is -2.32. The average Bonchev–Trinajstić information content (AvgIpc) is 2.43. The van der Waals surface area contributed by atoms with E-state index < -0.39 is 27.9 Å². The minimum atomic E-state index is -4.51. The van der Waals surface area contributed by atoms with E-state index in [4.69, 9.17) is 0 Å². The Kier molecular flexibility index (Phi) is 6.39. The quantitative estimate of drug-likeness (QED) is 0.803. The molecule has 8 heteroatoms. The SMILES string of the molecule is CCC(C)CS(=O)(=O)NCC(O)c1cccc(C(F)(F)F)c1. The van der Waals surface area contributed by atoms with Gasteiger partial charge in [-0.15, -0.1) is 0 Å². The van der Waals surface area contributed by atoms with Crippen molar-refractivity contribution >= 4 is 10.0 Å². The molecule has 2 N–H and O–H groups in total. The number of rotatable bonds is 7. The Balaban J connectivity index is 2.72. The first kappa shape index (κ1) is 18.9. The summed E-state index contributed by atoms with van der Waals surface area (Å²) >= 11 is 0. The Morgan fingerprint density at radius 2 is 1.95 bits per heavy atom. The molecule has 0 aromatic heterocycles. The summed E-state index contributed by atoms with van der Waals surface area (Å²) in [6, 6.07) is 4.20. The molecule has 0 radical (unpaired) electrons. The molecule has 0 aliphatic carbocycles. The van der Waals surface area contributed by atoms with E-state index in [1.54, 1.807) is 6.92 Å². The highest BCUT2D eigenvalue weighted by Crippen LogP contribution is 2.30. The van der Waals surface area contributed by atoms with E-state index >= 15 is 0 Å². The molecular formula is C14H20F3NO3S. The van der Waals surface area contributed by atoms with Crippen LogP contribution >= 0.6 is 0 Å². The molecule has 2 atom stereocenters. The summed E-state index contributed by atoms with van der Waals surface area (Å²) in [5, 5.41) is 9.87. The van der Waals surface area contributed by atoms with Crippen LogP contribution < -0.4 is 4.72 Å². The van der Waals surface area contributed by atoms with Crippen molar-refractivity contribution in [1.82, 2.24) is 4.72 Å². The van der Waals surface area contributed by atoms with Gasteiger partial charge in [0.2, 0.25) is 10.0 Å². The van der Waals surface area contributed by atoms with Gasteiger partial charge in [0.1, 0.15) is 0 Å². The second-order valence-corrected chi connectivity index (χ2v) is 7.13. The second-order valence-electron chi connectivity index (χ2n) is 5.28. The van der Waals surface area contributed by atoms with Crippen molar-refractivity contribution in [3.05, 3.63) is 35.4 Å². The number of aliphatic hydroxyl groups excluding tert-OH is 1. The van der Waals surface area contributed by atoms with Crippen LogP contribution in [0.4, 0.5) is 13.2 Å². The standard InChI is InChI=1S/C14H20F3NO3S/c1-3-10(2)9-22(20,21)18-8-13(19)11-5-4-6-12(7-11)14(15,16)17/h4-7,10,13,18-19H,3,8-9H2,1-2H3. The first-order chi connectivity index (χ1) is 10.0. The highest BCUT2D eigenvalue weighted by atomic mass is 32.2. The zero-order valence-electron chi connectivity index (χ0n) is 12.4. The van der Waals surface area contributed by atoms with Crippen molar-refractivity contribution in [2.24, 2.45) is 5.92 Å². The fourth-order valence-electron chi connectivity index (χ4n) is 1.80. The molecule has 0 saturated heterocycles. The van der Waals surface area contributed by atoms with E-state index in [1.165, 1.54) is 12.1 Å². The van der Waals surface area contributed by atoms with Crippen LogP contribution in [0.5, 0.6) is 0 Å². The Labute approximate surface area is 128 Å². The molecule has 0 heterocycles. The van der Waals surface area contributed by atoms with Crippen LogP contribution in [-0.4, -0.2) is 25.8 Å². The Hall–Kier alpha value is -1.12. The Bertz CT molecular complexity index is 587. The predicted molar refractivity (Wildman–Crippen MR) is 77.6 cm³/mol. The molecule has 1 rings (SSSR count). The summed E-state index contributed by atoms with van der Waals surface area (Å²) in [6.45, 7) is 3.28. The van der Waals surface area contributed by atoms with Crippen LogP contribution in [-0.2, 0) is 16.2 Å². The lowest BCUT2D eigenvalue weighted by atomic mass is 10.1. The molecule has 1 aromatic rings. The smallest absolute Gasteiger partial charge is 0.387 e. The van der Waals surface area contributed by atoms with Gasteiger partial charge < -0.3 is 5.11 Å². The van der Waals surface area contributed by atoms with Gasteiger partial charge in [-0.25, -0.2) is 13.1 Å². The van der Waals surface area contributed by atoms with E-state index in [1.807, 2.05) is 6.92 Å². The molecule has 0 amide bonds. The van der Waals surface area contributed by atoms with Gasteiger partial charge in [-0.05, 0) is 23.6 Å². The number of nitrogens with one attached hydrogen (secondary N) is 1. The summed E-state index contributed by atoms with van der Waals surface area (Å²) in [5.41, 5.74) is -0.868. The molecule has 126 valence electrons. The molecule has 0 aliphatic heterocycles. The normalized spacial score (nSPS) is 15.5. The molecular weight excluding hydrogens is 319 g/mol. The number of hydrogen-bond donors (Lipinski definition) is 2. The van der Waals surface area contributed by atoms with Gasteiger partial charge in [-0.1, -0.05) is 32.4 Å². The third-order valence-electron chi connectivity index (χ3n) is 3.30. The van der Waals surface area contributed by atoms with Gasteiger partial charge in [0.15, 0.2) is 0 Å². The van der Waals surface area contributed by atoms with Gasteiger partial charge in [-0.2, -0.15) is 13.2 Å². The minimum Gasteiger partial charge on any atom is -0.387 e. The van der Waals surface area contributed by atoms with Crippen molar-refractivity contribution in [3.63, 3.8) is 0 Å². The first-order valence-electron chi connectivity index (χ1n) is 6.87. The van der Waals surface area contributed by atoms with E-state index in [0.29, 0.717) is 6.42 Å². The average molecular weight is 339 g/mol. The lowest BCUT2D eigenvalue weighted by molar-refractivity contribution is -0.137. The molecule has 4 nitrogen and oxygen atoms in total. The zero-order chi connectivity index (χ0) is 17.0. The van der Waals surface area contributed by atoms with Gasteiger partial charge >= 0.3 is 6.18 Å². The monoisotopic (exact) mass is 339 g/mol. The Morgan fingerprint density at radius 1 is 1.32 bits per heavy atom. The summed E-state index contributed by atoms with van der Waals surface area (Å²) in [7, 11) is -3.57. The van der Waals surface area contributed by atoms with Crippen LogP contribution in [0.1, 0.15) is 37.5 Å². The molecule has 0 spiro atoms. The Morgan fingerprint density at radius 3 is 2.50 bits per heavy atom. The van der Waals surface area contributed by atoms with Gasteiger partial charge in [0, 0.05) is 6.54 Å². The topological polar surface area (TPSA) is 66.4 Å². The van der Waals surface area contributed by atoms with E-state index in [9.17, 15) is 26.7 Å². The van der Waals surface area contributed by atoms with Crippen molar-refractivity contribution in [2.45, 2.75) is 32.5 Å². The molecule has 0 saturated carbocycles. The number of hydrogen-bond acceptors (Lipinski definition) is 3. The molecule has 0 aliphatic rings. The van der Waals surface area contributed by atoms with Crippen LogP contribution in [0.2, 0.25) is 0 Å². The van der Waals surface area contributed by atoms with Crippen molar-refractivity contribution in [3.8, 4) is 0 Å². The van der Waals surface area contributed by atoms with Gasteiger partial charge in [0.25, 0.3) is 0 Å². The van der Waals surface area contributed by atoms with Crippen LogP contribution in [0.15, 0.2) is 24.3 Å². The van der Waals surface area contributed by atoms with Gasteiger partial charge in [-0.3, -0.25) is 0 Å². The van der Waals surface area contributed by atoms with Gasteiger partial charge in [0.05, 0.1) is 17.4 Å². The molecule has 0 fully saturated rings. The summed E-state index contributed by atoms with van der Waals surface area (Å²) in [4.78, 5) is 0. The van der Waals surface area contributed by atoms with Crippen molar-refractivity contribution < 1.29 is 26.7 Å². The highest BCUT2D eigenvalue weighted by molar-refractivity contribution is 7.89. The second kappa shape index (κ2) is 7.43. The number of benzene rings is 1. The largest absolute Gasteiger partial charge is 0.416 e. The third-order valence-corrected chi connectivity index (χ3v) is 4.91.